The van der Waals surface area contributed by atoms with E-state index in [1.165, 1.54) is 11.1 Å². The molecule has 0 bridgehead atoms. The second-order valence-corrected chi connectivity index (χ2v) is 7.24. The van der Waals surface area contributed by atoms with Crippen molar-refractivity contribution in [2.24, 2.45) is 10.2 Å². The predicted molar refractivity (Wildman–Crippen MR) is 114 cm³/mol. The normalized spacial score (nSPS) is 21.3. The van der Waals surface area contributed by atoms with E-state index in [4.69, 9.17) is 9.85 Å². The molecule has 28 heavy (non-hydrogen) atoms. The molecule has 0 amide bonds. The average Bonchev–Trinajstić information content (AvgIpc) is 3.20. The number of hydrogen-bond donors (Lipinski definition) is 0. The van der Waals surface area contributed by atoms with Crippen LogP contribution in [0.5, 0.6) is 5.75 Å². The van der Waals surface area contributed by atoms with E-state index >= 15 is 0 Å². The van der Waals surface area contributed by atoms with E-state index in [-0.39, 0.29) is 6.04 Å². The highest BCUT2D eigenvalue weighted by atomic mass is 16.5. The molecule has 0 spiro atoms. The fourth-order valence-electron chi connectivity index (χ4n) is 3.57. The van der Waals surface area contributed by atoms with Crippen LogP contribution in [0.1, 0.15) is 34.7 Å². The Morgan fingerprint density at radius 2 is 1.64 bits per heavy atom. The van der Waals surface area contributed by atoms with Gasteiger partial charge in [0.05, 0.1) is 13.2 Å². The summed E-state index contributed by atoms with van der Waals surface area (Å²) in [6, 6.07) is 27.1. The molecule has 0 aliphatic carbocycles. The van der Waals surface area contributed by atoms with Gasteiger partial charge in [-0.05, 0) is 35.7 Å². The molecule has 3 heteroatoms. The summed E-state index contributed by atoms with van der Waals surface area (Å²) >= 11 is 0. The summed E-state index contributed by atoms with van der Waals surface area (Å²) in [4.78, 5) is 0. The van der Waals surface area contributed by atoms with Gasteiger partial charge >= 0.3 is 0 Å². The average molecular weight is 368 g/mol. The quantitative estimate of drug-likeness (QED) is 0.505. The summed E-state index contributed by atoms with van der Waals surface area (Å²) in [7, 11) is 1.68. The number of benzene rings is 3. The zero-order valence-corrected chi connectivity index (χ0v) is 16.2. The summed E-state index contributed by atoms with van der Waals surface area (Å²) in [6.07, 6.45) is 5.16. The third-order valence-corrected chi connectivity index (χ3v) is 5.28. The second kappa shape index (κ2) is 7.81. The highest BCUT2D eigenvalue weighted by Gasteiger charge is 2.38. The van der Waals surface area contributed by atoms with E-state index in [2.05, 4.69) is 84.9 Å². The van der Waals surface area contributed by atoms with Crippen molar-refractivity contribution in [2.45, 2.75) is 24.9 Å². The second-order valence-electron chi connectivity index (χ2n) is 7.24. The fourth-order valence-corrected chi connectivity index (χ4v) is 3.57. The monoisotopic (exact) mass is 368 g/mol. The first-order valence-corrected chi connectivity index (χ1v) is 9.56. The van der Waals surface area contributed by atoms with E-state index in [0.717, 1.165) is 23.3 Å². The maximum atomic E-state index is 5.27. The Bertz CT molecular complexity index is 975. The number of nitrogens with zero attached hydrogens (tertiary/aromatic N) is 2. The standard InChI is InChI=1S/C25H24N2O/c1-19-8-10-20(11-9-19)16-17-25(22-6-4-3-5-7-22)18-24(26-27-25)21-12-14-23(28-2)15-13-21/h3-17,24H,18H2,1-2H3. The van der Waals surface area contributed by atoms with Crippen molar-refractivity contribution >= 4 is 6.08 Å². The van der Waals surface area contributed by atoms with E-state index in [1.807, 2.05) is 18.2 Å². The number of methoxy groups -OCH3 is 1. The Balaban J connectivity index is 1.65. The van der Waals surface area contributed by atoms with Gasteiger partial charge in [-0.1, -0.05) is 84.4 Å². The lowest BCUT2D eigenvalue weighted by molar-refractivity contribution is 0.414. The number of ether oxygens (including phenoxy) is 1. The largest absolute Gasteiger partial charge is 0.497 e. The van der Waals surface area contributed by atoms with Crippen LogP contribution in [-0.4, -0.2) is 7.11 Å². The lowest BCUT2D eigenvalue weighted by atomic mass is 9.83. The number of rotatable bonds is 5. The Morgan fingerprint density at radius 3 is 2.32 bits per heavy atom. The van der Waals surface area contributed by atoms with E-state index in [1.54, 1.807) is 7.11 Å². The summed E-state index contributed by atoms with van der Waals surface area (Å²) in [5.41, 5.74) is 4.31. The minimum Gasteiger partial charge on any atom is -0.497 e. The lowest BCUT2D eigenvalue weighted by Gasteiger charge is -2.22. The van der Waals surface area contributed by atoms with Crippen molar-refractivity contribution in [3.63, 3.8) is 0 Å². The van der Waals surface area contributed by atoms with Crippen LogP contribution in [0.15, 0.2) is 95.2 Å². The molecule has 0 N–H and O–H groups in total. The summed E-state index contributed by atoms with van der Waals surface area (Å²) in [5.74, 6) is 0.854. The molecule has 3 nitrogen and oxygen atoms in total. The molecule has 2 atom stereocenters. The fraction of sp³-hybridized carbons (Fsp3) is 0.200. The molecular formula is C25H24N2O. The van der Waals surface area contributed by atoms with Crippen LogP contribution in [0.3, 0.4) is 0 Å². The van der Waals surface area contributed by atoms with E-state index in [0.29, 0.717) is 0 Å². The van der Waals surface area contributed by atoms with Gasteiger partial charge in [0.25, 0.3) is 0 Å². The topological polar surface area (TPSA) is 34.0 Å². The van der Waals surface area contributed by atoms with Gasteiger partial charge in [-0.2, -0.15) is 10.2 Å². The molecule has 1 aliphatic rings. The minimum absolute atomic E-state index is 0.0359. The molecule has 0 radical (unpaired) electrons. The molecule has 3 aromatic carbocycles. The molecule has 1 heterocycles. The zero-order chi connectivity index (χ0) is 19.4. The minimum atomic E-state index is -0.448. The Labute approximate surface area is 166 Å². The highest BCUT2D eigenvalue weighted by Crippen LogP contribution is 2.45. The van der Waals surface area contributed by atoms with Gasteiger partial charge in [-0.3, -0.25) is 0 Å². The molecule has 4 rings (SSSR count). The number of hydrogen-bond acceptors (Lipinski definition) is 3. The molecular weight excluding hydrogens is 344 g/mol. The number of azo groups is 1. The van der Waals surface area contributed by atoms with Gasteiger partial charge in [-0.15, -0.1) is 0 Å². The van der Waals surface area contributed by atoms with Crippen molar-refractivity contribution in [3.8, 4) is 5.75 Å². The van der Waals surface area contributed by atoms with Crippen LogP contribution in [0, 0.1) is 6.92 Å². The molecule has 1 aliphatic heterocycles. The van der Waals surface area contributed by atoms with Gasteiger partial charge in [0.2, 0.25) is 0 Å². The van der Waals surface area contributed by atoms with Gasteiger partial charge in [-0.25, -0.2) is 0 Å². The maximum absolute atomic E-state index is 5.27. The van der Waals surface area contributed by atoms with Crippen molar-refractivity contribution in [1.82, 2.24) is 0 Å². The van der Waals surface area contributed by atoms with Crippen LogP contribution in [-0.2, 0) is 5.54 Å². The first-order chi connectivity index (χ1) is 13.7. The van der Waals surface area contributed by atoms with Gasteiger partial charge in [0, 0.05) is 6.42 Å². The van der Waals surface area contributed by atoms with Crippen LogP contribution in [0.4, 0.5) is 0 Å². The number of aryl methyl sites for hydroxylation is 1. The molecule has 0 saturated heterocycles. The van der Waals surface area contributed by atoms with Crippen LogP contribution in [0.2, 0.25) is 0 Å². The van der Waals surface area contributed by atoms with Crippen LogP contribution < -0.4 is 4.74 Å². The Kier molecular flexibility index (Phi) is 5.07. The summed E-state index contributed by atoms with van der Waals surface area (Å²) in [6.45, 7) is 2.10. The first-order valence-electron chi connectivity index (χ1n) is 9.56. The SMILES string of the molecule is COc1ccc(C2CC(C=Cc3ccc(C)cc3)(c3ccccc3)N=N2)cc1. The Morgan fingerprint density at radius 1 is 0.929 bits per heavy atom. The van der Waals surface area contributed by atoms with Crippen molar-refractivity contribution in [2.75, 3.05) is 7.11 Å². The third kappa shape index (κ3) is 3.74. The molecule has 3 aromatic rings. The third-order valence-electron chi connectivity index (χ3n) is 5.28. The Hall–Kier alpha value is -3.20. The molecule has 0 aromatic heterocycles. The molecule has 140 valence electrons. The van der Waals surface area contributed by atoms with Crippen LogP contribution in [0.25, 0.3) is 6.08 Å². The lowest BCUT2D eigenvalue weighted by Crippen LogP contribution is -2.18. The summed E-state index contributed by atoms with van der Waals surface area (Å²) < 4.78 is 5.27. The van der Waals surface area contributed by atoms with Gasteiger partial charge in [0.1, 0.15) is 11.3 Å². The zero-order valence-electron chi connectivity index (χ0n) is 16.2. The first kappa shape index (κ1) is 18.2. The summed E-state index contributed by atoms with van der Waals surface area (Å²) in [5, 5.41) is 9.43. The highest BCUT2D eigenvalue weighted by molar-refractivity contribution is 5.53. The smallest absolute Gasteiger partial charge is 0.127 e. The van der Waals surface area contributed by atoms with Gasteiger partial charge < -0.3 is 4.74 Å². The van der Waals surface area contributed by atoms with Crippen LogP contribution >= 0.6 is 0 Å². The molecule has 0 fully saturated rings. The van der Waals surface area contributed by atoms with Crippen molar-refractivity contribution < 1.29 is 4.74 Å². The van der Waals surface area contributed by atoms with E-state index in [9.17, 15) is 0 Å². The maximum Gasteiger partial charge on any atom is 0.127 e. The molecule has 0 saturated carbocycles. The van der Waals surface area contributed by atoms with Crippen molar-refractivity contribution in [3.05, 3.63) is 107 Å². The molecule has 2 unspecified atom stereocenters. The van der Waals surface area contributed by atoms with Gasteiger partial charge in [0.15, 0.2) is 0 Å². The van der Waals surface area contributed by atoms with Crippen molar-refractivity contribution in [1.29, 1.82) is 0 Å². The van der Waals surface area contributed by atoms with E-state index < -0.39 is 5.54 Å². The predicted octanol–water partition coefficient (Wildman–Crippen LogP) is 6.51.